The summed E-state index contributed by atoms with van der Waals surface area (Å²) in [5.74, 6) is -0.241. The summed E-state index contributed by atoms with van der Waals surface area (Å²) in [7, 11) is 0. The van der Waals surface area contributed by atoms with Crippen molar-refractivity contribution in [2.24, 2.45) is 0 Å². The lowest BCUT2D eigenvalue weighted by Crippen LogP contribution is -2.09. The molecule has 0 fully saturated rings. The van der Waals surface area contributed by atoms with E-state index in [-0.39, 0.29) is 11.5 Å². The van der Waals surface area contributed by atoms with Crippen molar-refractivity contribution in [2.45, 2.75) is 20.0 Å². The zero-order chi connectivity index (χ0) is 15.8. The Labute approximate surface area is 131 Å². The number of rotatable bonds is 3. The molecule has 2 rings (SSSR count). The van der Waals surface area contributed by atoms with E-state index < -0.39 is 11.7 Å². The first kappa shape index (κ1) is 16.0. The maximum atomic E-state index is 13.1. The topological polar surface area (TPSA) is 42.0 Å². The van der Waals surface area contributed by atoms with Crippen molar-refractivity contribution in [3.63, 3.8) is 0 Å². The van der Waals surface area contributed by atoms with Gasteiger partial charge in [-0.1, -0.05) is 15.9 Å². The minimum absolute atomic E-state index is 0.114. The highest BCUT2D eigenvalue weighted by atomic mass is 79.9. The predicted octanol–water partition coefficient (Wildman–Crippen LogP) is 5.18. The second-order valence-corrected chi connectivity index (χ2v) is 6.03. The molecule has 0 unspecified atom stereocenters. The fourth-order valence-electron chi connectivity index (χ4n) is 1.85. The van der Waals surface area contributed by atoms with Crippen LogP contribution in [-0.2, 0) is 6.18 Å². The summed E-state index contributed by atoms with van der Waals surface area (Å²) in [6, 6.07) is 3.80. The van der Waals surface area contributed by atoms with E-state index in [0.717, 1.165) is 17.6 Å². The van der Waals surface area contributed by atoms with Crippen LogP contribution in [-0.4, -0.2) is 10.2 Å². The number of Topliss-reactive ketones (excluding diaryl/α,β-unsaturated/α-hetero) is 1. The number of carbonyl (C=O) groups is 1. The first-order valence-corrected chi connectivity index (χ1v) is 7.37. The lowest BCUT2D eigenvalue weighted by molar-refractivity contribution is -0.137. The summed E-state index contributed by atoms with van der Waals surface area (Å²) in [6.45, 7) is 3.00. The molecule has 0 saturated heterocycles. The minimum Gasteiger partial charge on any atom is -0.345 e. The number of hydrogen-bond acceptors (Lipinski definition) is 4. The van der Waals surface area contributed by atoms with Gasteiger partial charge in [-0.2, -0.15) is 17.5 Å². The zero-order valence-electron chi connectivity index (χ0n) is 11.0. The highest BCUT2D eigenvalue weighted by Gasteiger charge is 2.34. The van der Waals surface area contributed by atoms with Crippen LogP contribution < -0.4 is 5.32 Å². The molecule has 21 heavy (non-hydrogen) atoms. The average Bonchev–Trinajstić information content (AvgIpc) is 2.71. The van der Waals surface area contributed by atoms with Crippen LogP contribution in [0, 0.1) is 6.92 Å². The molecule has 0 aliphatic carbocycles. The minimum atomic E-state index is -4.50. The molecule has 0 bridgehead atoms. The molecular weight excluding hydrogens is 369 g/mol. The van der Waals surface area contributed by atoms with Gasteiger partial charge in [-0.15, -0.1) is 0 Å². The Kier molecular flexibility index (Phi) is 4.38. The third kappa shape index (κ3) is 3.44. The number of aromatic nitrogens is 1. The van der Waals surface area contributed by atoms with Crippen molar-refractivity contribution in [1.82, 2.24) is 4.37 Å². The SMILES string of the molecule is CC(=O)c1c(C)nsc1Nc1ccc(Br)cc1C(F)(F)F. The molecule has 0 radical (unpaired) electrons. The molecule has 1 aromatic heterocycles. The number of aryl methyl sites for hydroxylation is 1. The number of anilines is 2. The van der Waals surface area contributed by atoms with Crippen LogP contribution in [0.5, 0.6) is 0 Å². The number of benzene rings is 1. The molecular formula is C13H10BrF3N2OS. The van der Waals surface area contributed by atoms with Crippen molar-refractivity contribution >= 4 is 43.9 Å². The molecule has 0 saturated carbocycles. The standard InChI is InChI=1S/C13H10BrF3N2OS/c1-6-11(7(2)20)12(21-19-6)18-10-4-3-8(14)5-9(10)13(15,16)17/h3-5,18H,1-2H3. The summed E-state index contributed by atoms with van der Waals surface area (Å²) in [5.41, 5.74) is -0.106. The summed E-state index contributed by atoms with van der Waals surface area (Å²) in [6.07, 6.45) is -4.50. The molecule has 1 heterocycles. The van der Waals surface area contributed by atoms with Crippen LogP contribution >= 0.6 is 27.5 Å². The average molecular weight is 379 g/mol. The predicted molar refractivity (Wildman–Crippen MR) is 79.3 cm³/mol. The van der Waals surface area contributed by atoms with Crippen LogP contribution in [0.4, 0.5) is 23.9 Å². The van der Waals surface area contributed by atoms with Gasteiger partial charge in [-0.05, 0) is 43.6 Å². The van der Waals surface area contributed by atoms with Gasteiger partial charge in [-0.25, -0.2) is 0 Å². The summed E-state index contributed by atoms with van der Waals surface area (Å²) in [5, 5.41) is 2.98. The maximum absolute atomic E-state index is 13.1. The number of halogens is 4. The lowest BCUT2D eigenvalue weighted by atomic mass is 10.1. The number of ketones is 1. The van der Waals surface area contributed by atoms with Crippen molar-refractivity contribution in [1.29, 1.82) is 0 Å². The summed E-state index contributed by atoms with van der Waals surface area (Å²) >= 11 is 3.99. The van der Waals surface area contributed by atoms with Gasteiger partial charge in [0.15, 0.2) is 5.78 Å². The highest BCUT2D eigenvalue weighted by molar-refractivity contribution is 9.10. The van der Waals surface area contributed by atoms with Gasteiger partial charge in [0.2, 0.25) is 0 Å². The molecule has 2 aromatic rings. The smallest absolute Gasteiger partial charge is 0.345 e. The van der Waals surface area contributed by atoms with Gasteiger partial charge < -0.3 is 5.32 Å². The second-order valence-electron chi connectivity index (χ2n) is 4.34. The highest BCUT2D eigenvalue weighted by Crippen LogP contribution is 2.39. The van der Waals surface area contributed by atoms with Crippen LogP contribution in [0.15, 0.2) is 22.7 Å². The van der Waals surface area contributed by atoms with Crippen LogP contribution in [0.1, 0.15) is 28.5 Å². The van der Waals surface area contributed by atoms with Crippen LogP contribution in [0.25, 0.3) is 0 Å². The van der Waals surface area contributed by atoms with Crippen LogP contribution in [0.3, 0.4) is 0 Å². The number of alkyl halides is 3. The molecule has 8 heteroatoms. The normalized spacial score (nSPS) is 11.5. The van der Waals surface area contributed by atoms with Crippen molar-refractivity contribution in [3.05, 3.63) is 39.5 Å². The third-order valence-electron chi connectivity index (χ3n) is 2.75. The second kappa shape index (κ2) is 5.76. The third-order valence-corrected chi connectivity index (χ3v) is 4.10. The van der Waals surface area contributed by atoms with E-state index in [4.69, 9.17) is 0 Å². The Morgan fingerprint density at radius 2 is 2.05 bits per heavy atom. The number of hydrogen-bond donors (Lipinski definition) is 1. The van der Waals surface area contributed by atoms with E-state index in [1.54, 1.807) is 6.92 Å². The van der Waals surface area contributed by atoms with Gasteiger partial charge in [-0.3, -0.25) is 4.79 Å². The molecule has 1 N–H and O–H groups in total. The Bertz CT molecular complexity index is 697. The first-order valence-electron chi connectivity index (χ1n) is 5.81. The fraction of sp³-hybridized carbons (Fsp3) is 0.231. The molecule has 3 nitrogen and oxygen atoms in total. The molecule has 0 amide bonds. The lowest BCUT2D eigenvalue weighted by Gasteiger charge is -2.14. The number of nitrogens with one attached hydrogen (secondary N) is 1. The Morgan fingerprint density at radius 3 is 2.62 bits per heavy atom. The monoisotopic (exact) mass is 378 g/mol. The van der Waals surface area contributed by atoms with E-state index in [2.05, 4.69) is 25.6 Å². The van der Waals surface area contributed by atoms with Crippen molar-refractivity contribution in [2.75, 3.05) is 5.32 Å². The Morgan fingerprint density at radius 1 is 1.38 bits per heavy atom. The summed E-state index contributed by atoms with van der Waals surface area (Å²) < 4.78 is 43.5. The largest absolute Gasteiger partial charge is 0.418 e. The number of carbonyl (C=O) groups excluding carboxylic acids is 1. The van der Waals surface area contributed by atoms with Gasteiger partial charge in [0.1, 0.15) is 5.00 Å². The fourth-order valence-corrected chi connectivity index (χ4v) is 3.07. The molecule has 0 spiro atoms. The molecule has 1 aromatic carbocycles. The van der Waals surface area contributed by atoms with E-state index >= 15 is 0 Å². The quantitative estimate of drug-likeness (QED) is 0.748. The maximum Gasteiger partial charge on any atom is 0.418 e. The first-order chi connectivity index (χ1) is 9.70. The zero-order valence-corrected chi connectivity index (χ0v) is 13.4. The van der Waals surface area contributed by atoms with Crippen LogP contribution in [0.2, 0.25) is 0 Å². The van der Waals surface area contributed by atoms with E-state index in [1.165, 1.54) is 19.1 Å². The van der Waals surface area contributed by atoms with E-state index in [1.807, 2.05) is 0 Å². The molecule has 0 aliphatic heterocycles. The molecule has 0 aliphatic rings. The Hall–Kier alpha value is -1.41. The Balaban J connectivity index is 2.48. The van der Waals surface area contributed by atoms with E-state index in [9.17, 15) is 18.0 Å². The van der Waals surface area contributed by atoms with E-state index in [0.29, 0.717) is 20.7 Å². The van der Waals surface area contributed by atoms with Crippen molar-refractivity contribution < 1.29 is 18.0 Å². The molecule has 0 atom stereocenters. The van der Waals surface area contributed by atoms with Gasteiger partial charge in [0.25, 0.3) is 0 Å². The molecule has 112 valence electrons. The van der Waals surface area contributed by atoms with Gasteiger partial charge >= 0.3 is 6.18 Å². The van der Waals surface area contributed by atoms with Gasteiger partial charge in [0.05, 0.1) is 22.5 Å². The van der Waals surface area contributed by atoms with Gasteiger partial charge in [0, 0.05) is 4.47 Å². The number of nitrogens with zero attached hydrogens (tertiary/aromatic N) is 1. The summed E-state index contributed by atoms with van der Waals surface area (Å²) in [4.78, 5) is 11.6. The van der Waals surface area contributed by atoms with Crippen molar-refractivity contribution in [3.8, 4) is 0 Å².